The van der Waals surface area contributed by atoms with Gasteiger partial charge >= 0.3 is 21.1 Å². The first kappa shape index (κ1) is 20.7. The molecule has 11 heteroatoms. The third-order valence-corrected chi connectivity index (χ3v) is 4.85. The van der Waals surface area contributed by atoms with E-state index in [-0.39, 0.29) is 21.1 Å². The smallest absolute Gasteiger partial charge is 0.760 e. The molecule has 0 N–H and O–H groups in total. The van der Waals surface area contributed by atoms with Crippen LogP contribution >= 0.6 is 0 Å². The molecule has 0 bridgehead atoms. The molecule has 0 amide bonds. The van der Waals surface area contributed by atoms with Crippen LogP contribution in [-0.4, -0.2) is 38.7 Å². The molecule has 0 atom stereocenters. The van der Waals surface area contributed by atoms with Crippen LogP contribution in [0.15, 0.2) is 34.6 Å². The molecule has 0 saturated heterocycles. The molecule has 0 spiro atoms. The van der Waals surface area contributed by atoms with E-state index in [1.165, 1.54) is 0 Å². The van der Waals surface area contributed by atoms with Gasteiger partial charge in [-0.2, -0.15) is 10.2 Å². The van der Waals surface area contributed by atoms with Gasteiger partial charge in [-0.3, -0.25) is 0 Å². The Kier molecular flexibility index (Phi) is 5.74. The van der Waals surface area contributed by atoms with E-state index < -0.39 is 0 Å². The summed E-state index contributed by atoms with van der Waals surface area (Å²) in [6.45, 7) is 3.83. The Morgan fingerprint density at radius 2 is 1.18 bits per heavy atom. The predicted molar refractivity (Wildman–Crippen MR) is 104 cm³/mol. The Bertz CT molecular complexity index is 1050. The minimum atomic E-state index is 0. The van der Waals surface area contributed by atoms with Crippen molar-refractivity contribution in [2.24, 2.45) is 14.1 Å². The number of nitrogens with zero attached hydrogens (tertiary/aromatic N) is 8. The fourth-order valence-electron chi connectivity index (χ4n) is 2.93. The van der Waals surface area contributed by atoms with Crippen molar-refractivity contribution < 1.29 is 21.1 Å². The van der Waals surface area contributed by atoms with Crippen molar-refractivity contribution >= 4 is 25.3 Å². The molecule has 0 radical (unpaired) electrons. The molecule has 0 aliphatic carbocycles. The number of aromatic nitrogens is 8. The van der Waals surface area contributed by atoms with Crippen LogP contribution in [0.25, 0.3) is 11.6 Å². The van der Waals surface area contributed by atoms with Gasteiger partial charge in [-0.1, -0.05) is 10.1 Å². The number of rotatable bonds is 4. The fraction of sp³-hybridized carbons (Fsp3) is 0.294. The molecule has 0 fully saturated rings. The van der Waals surface area contributed by atoms with Crippen LogP contribution in [0.2, 0.25) is 0 Å². The Balaban J connectivity index is 0.00000225. The summed E-state index contributed by atoms with van der Waals surface area (Å²) >= 11 is 10.7. The maximum Gasteiger partial charge on any atom is 2.00 e. The first-order chi connectivity index (χ1) is 12.8. The standard InChI is InChI=1S/C17H20N8S2.Pt/c1-10-5-16(26)24(20-10)14-8-22(3)12(18-14)7-13-19-15(9-23(13)4)25-17(27)6-11(2)21-25;/h5-6,8-9,26-27H,7H2,1-4H3;/q;+2/p-2. The van der Waals surface area contributed by atoms with Gasteiger partial charge in [-0.25, -0.2) is 19.3 Å². The van der Waals surface area contributed by atoms with Gasteiger partial charge in [0.1, 0.15) is 11.6 Å². The normalized spacial score (nSPS) is 11.0. The van der Waals surface area contributed by atoms with Gasteiger partial charge in [0.05, 0.1) is 17.8 Å². The van der Waals surface area contributed by atoms with Gasteiger partial charge in [-0.15, -0.1) is 0 Å². The maximum atomic E-state index is 5.34. The number of imidazole rings is 2. The van der Waals surface area contributed by atoms with Gasteiger partial charge in [0.2, 0.25) is 0 Å². The van der Waals surface area contributed by atoms with Crippen molar-refractivity contribution in [1.29, 1.82) is 0 Å². The molecule has 4 heterocycles. The quantitative estimate of drug-likeness (QED) is 0.335. The molecule has 0 aliphatic heterocycles. The number of hydrogen-bond acceptors (Lipinski definition) is 6. The van der Waals surface area contributed by atoms with E-state index in [4.69, 9.17) is 35.2 Å². The van der Waals surface area contributed by atoms with Crippen LogP contribution in [-0.2, 0) is 66.8 Å². The summed E-state index contributed by atoms with van der Waals surface area (Å²) in [6, 6.07) is 3.71. The Hall–Kier alpha value is -2.03. The number of aryl methyl sites for hydroxylation is 4. The molecule has 4 rings (SSSR count). The molecule has 28 heavy (non-hydrogen) atoms. The van der Waals surface area contributed by atoms with Gasteiger partial charge in [-0.05, 0) is 26.0 Å². The third kappa shape index (κ3) is 3.76. The van der Waals surface area contributed by atoms with Crippen molar-refractivity contribution in [3.8, 4) is 11.6 Å². The molecule has 4 aromatic heterocycles. The van der Waals surface area contributed by atoms with Crippen LogP contribution in [0.3, 0.4) is 0 Å². The molecular formula is C17H18N8PtS2. The second-order valence-electron chi connectivity index (χ2n) is 6.50. The summed E-state index contributed by atoms with van der Waals surface area (Å²) in [5.41, 5.74) is 1.74. The van der Waals surface area contributed by atoms with E-state index in [0.717, 1.165) is 23.0 Å². The Morgan fingerprint density at radius 1 is 0.786 bits per heavy atom. The Morgan fingerprint density at radius 3 is 1.50 bits per heavy atom. The van der Waals surface area contributed by atoms with Gasteiger partial charge < -0.3 is 34.4 Å². The van der Waals surface area contributed by atoms with Crippen LogP contribution in [0.4, 0.5) is 0 Å². The molecule has 0 aliphatic rings. The second-order valence-corrected chi connectivity index (χ2v) is 7.34. The molecule has 4 aromatic rings. The topological polar surface area (TPSA) is 71.3 Å². The fourth-order valence-corrected chi connectivity index (χ4v) is 3.54. The van der Waals surface area contributed by atoms with Crippen LogP contribution in [0, 0.1) is 13.8 Å². The van der Waals surface area contributed by atoms with E-state index >= 15 is 0 Å². The van der Waals surface area contributed by atoms with Crippen molar-refractivity contribution in [3.63, 3.8) is 0 Å². The van der Waals surface area contributed by atoms with E-state index in [9.17, 15) is 0 Å². The molecule has 0 saturated carbocycles. The van der Waals surface area contributed by atoms with Crippen LogP contribution in [0.1, 0.15) is 23.0 Å². The number of hydrogen-bond donors (Lipinski definition) is 0. The van der Waals surface area contributed by atoms with Gasteiger partial charge in [0.15, 0.2) is 11.6 Å². The Labute approximate surface area is 188 Å². The van der Waals surface area contributed by atoms with Crippen molar-refractivity contribution in [2.75, 3.05) is 0 Å². The van der Waals surface area contributed by atoms with Crippen molar-refractivity contribution in [2.45, 2.75) is 30.3 Å². The second kappa shape index (κ2) is 7.77. The third-order valence-electron chi connectivity index (χ3n) is 4.27. The summed E-state index contributed by atoms with van der Waals surface area (Å²) in [4.78, 5) is 9.39. The monoisotopic (exact) mass is 593 g/mol. The molecule has 0 unspecified atom stereocenters. The summed E-state index contributed by atoms with van der Waals surface area (Å²) in [5.74, 6) is 3.14. The van der Waals surface area contributed by atoms with E-state index in [1.807, 2.05) is 61.6 Å². The molecule has 148 valence electrons. The zero-order valence-electron chi connectivity index (χ0n) is 15.7. The largest absolute Gasteiger partial charge is 2.00 e. The summed E-state index contributed by atoms with van der Waals surface area (Å²) in [7, 11) is 3.90. The summed E-state index contributed by atoms with van der Waals surface area (Å²) in [5, 5.41) is 10.1. The van der Waals surface area contributed by atoms with E-state index in [2.05, 4.69) is 10.2 Å². The first-order valence-electron chi connectivity index (χ1n) is 8.34. The average Bonchev–Trinajstić information content (AvgIpc) is 3.30. The minimum Gasteiger partial charge on any atom is -0.760 e. The summed E-state index contributed by atoms with van der Waals surface area (Å²) < 4.78 is 7.28. The SMILES string of the molecule is Cc1cc([S-])n(-c2cn(C)c(Cc3nc(-n4nc(C)cc4[S-])cn3C)n2)n1.[Pt+2]. The van der Waals surface area contributed by atoms with E-state index in [1.54, 1.807) is 9.36 Å². The maximum absolute atomic E-state index is 5.34. The molecular weight excluding hydrogens is 575 g/mol. The van der Waals surface area contributed by atoms with Crippen LogP contribution < -0.4 is 0 Å². The zero-order chi connectivity index (χ0) is 19.3. The van der Waals surface area contributed by atoms with Gasteiger partial charge in [0.25, 0.3) is 0 Å². The minimum absolute atomic E-state index is 0. The molecule has 0 aromatic carbocycles. The first-order valence-corrected chi connectivity index (χ1v) is 9.16. The molecule has 8 nitrogen and oxygen atoms in total. The van der Waals surface area contributed by atoms with Gasteiger partial charge in [0, 0.05) is 26.5 Å². The average molecular weight is 594 g/mol. The van der Waals surface area contributed by atoms with Crippen molar-refractivity contribution in [1.82, 2.24) is 38.7 Å². The summed E-state index contributed by atoms with van der Waals surface area (Å²) in [6.07, 6.45) is 4.40. The predicted octanol–water partition coefficient (Wildman–Crippen LogP) is 1.54. The van der Waals surface area contributed by atoms with E-state index in [0.29, 0.717) is 28.1 Å². The van der Waals surface area contributed by atoms with Crippen molar-refractivity contribution in [3.05, 3.63) is 47.6 Å². The zero-order valence-corrected chi connectivity index (χ0v) is 19.6. The van der Waals surface area contributed by atoms with Crippen LogP contribution in [0.5, 0.6) is 0 Å².